The third kappa shape index (κ3) is 5.23. The number of piperidine rings is 1. The van der Waals surface area contributed by atoms with Crippen molar-refractivity contribution in [2.75, 3.05) is 20.1 Å². The van der Waals surface area contributed by atoms with Gasteiger partial charge in [-0.3, -0.25) is 9.78 Å². The quantitative estimate of drug-likeness (QED) is 0.341. The molecule has 0 saturated carbocycles. The Kier molecular flexibility index (Phi) is 7.09. The van der Waals surface area contributed by atoms with Crippen molar-refractivity contribution >= 4 is 6.29 Å². The Morgan fingerprint density at radius 2 is 1.76 bits per heavy atom. The summed E-state index contributed by atoms with van der Waals surface area (Å²) in [6, 6.07) is 15.8. The number of halogens is 3. The topological polar surface area (TPSA) is 73.1 Å². The Balaban J connectivity index is 0.000000168. The number of aldehydes is 1. The van der Waals surface area contributed by atoms with Gasteiger partial charge < -0.3 is 9.64 Å². The highest BCUT2D eigenvalue weighted by Crippen LogP contribution is 2.43. The number of pyridine rings is 2. The maximum atomic E-state index is 12.6. The van der Waals surface area contributed by atoms with Crippen LogP contribution in [0.4, 0.5) is 13.2 Å². The molecule has 0 atom stereocenters. The van der Waals surface area contributed by atoms with E-state index in [1.54, 1.807) is 30.6 Å². The van der Waals surface area contributed by atoms with Gasteiger partial charge in [-0.05, 0) is 61.3 Å². The first-order chi connectivity index (χ1) is 18.3. The molecule has 38 heavy (non-hydrogen) atoms. The van der Waals surface area contributed by atoms with Crippen molar-refractivity contribution in [3.8, 4) is 16.9 Å². The molecular formula is C28H26F3N5O2. The molecule has 10 heteroatoms. The van der Waals surface area contributed by atoms with Crippen LogP contribution in [0, 0.1) is 0 Å². The zero-order valence-electron chi connectivity index (χ0n) is 20.7. The zero-order valence-corrected chi connectivity index (χ0v) is 20.7. The molecule has 4 aromatic rings. The normalized spacial score (nSPS) is 16.5. The molecule has 0 amide bonds. The molecule has 7 nitrogen and oxygen atoms in total. The molecule has 0 aliphatic carbocycles. The number of carbonyl (C=O) groups is 1. The van der Waals surface area contributed by atoms with E-state index in [1.165, 1.54) is 21.9 Å². The molecule has 2 aliphatic heterocycles. The number of hydrogen-bond acceptors (Lipinski definition) is 6. The van der Waals surface area contributed by atoms with Crippen LogP contribution in [0.5, 0.6) is 0 Å². The van der Waals surface area contributed by atoms with Crippen molar-refractivity contribution in [1.82, 2.24) is 24.6 Å². The standard InChI is InChI=1S/C15H9F3N4O.C13H17NO/c16-15(17,18)14-2-1-12(8-20-14)22-13(7-11(9-23)21-22)10-3-5-19-6-4-10;1-14-8-6-13(7-9-14)12-5-3-2-4-11(12)10-15-13/h1-9H;2-5H,6-10H2,1H3. The number of nitrogens with zero attached hydrogens (tertiary/aromatic N) is 5. The minimum atomic E-state index is -4.51. The van der Waals surface area contributed by atoms with E-state index in [9.17, 15) is 18.0 Å². The second kappa shape index (κ2) is 10.5. The average molecular weight is 522 g/mol. The van der Waals surface area contributed by atoms with E-state index >= 15 is 0 Å². The van der Waals surface area contributed by atoms with E-state index in [4.69, 9.17) is 4.74 Å². The number of rotatable bonds is 3. The van der Waals surface area contributed by atoms with Crippen molar-refractivity contribution in [1.29, 1.82) is 0 Å². The predicted octanol–water partition coefficient (Wildman–Crippen LogP) is 5.30. The molecule has 5 heterocycles. The number of aromatic nitrogens is 4. The molecule has 0 radical (unpaired) electrons. The number of fused-ring (bicyclic) bond motifs is 2. The summed E-state index contributed by atoms with van der Waals surface area (Å²) in [4.78, 5) is 20.7. The van der Waals surface area contributed by atoms with Crippen molar-refractivity contribution in [3.05, 3.63) is 95.7 Å². The van der Waals surface area contributed by atoms with Crippen LogP contribution < -0.4 is 0 Å². The van der Waals surface area contributed by atoms with E-state index in [-0.39, 0.29) is 11.3 Å². The smallest absolute Gasteiger partial charge is 0.365 e. The zero-order chi connectivity index (χ0) is 26.8. The molecule has 1 fully saturated rings. The highest BCUT2D eigenvalue weighted by atomic mass is 19.4. The third-order valence-corrected chi connectivity index (χ3v) is 6.91. The fourth-order valence-corrected chi connectivity index (χ4v) is 4.84. The summed E-state index contributed by atoms with van der Waals surface area (Å²) in [5.41, 5.74) is 3.64. The van der Waals surface area contributed by atoms with E-state index in [0.717, 1.165) is 50.4 Å². The van der Waals surface area contributed by atoms with Gasteiger partial charge in [0.15, 0.2) is 6.29 Å². The van der Waals surface area contributed by atoms with Gasteiger partial charge in [0, 0.05) is 31.0 Å². The Labute approximate surface area is 217 Å². The molecule has 1 aromatic carbocycles. The van der Waals surface area contributed by atoms with Crippen LogP contribution in [0.2, 0.25) is 0 Å². The van der Waals surface area contributed by atoms with Crippen LogP contribution in [-0.2, 0) is 23.1 Å². The maximum absolute atomic E-state index is 12.6. The molecule has 6 rings (SSSR count). The molecule has 1 saturated heterocycles. The van der Waals surface area contributed by atoms with Gasteiger partial charge in [-0.25, -0.2) is 9.67 Å². The Morgan fingerprint density at radius 3 is 2.42 bits per heavy atom. The van der Waals surface area contributed by atoms with Gasteiger partial charge >= 0.3 is 6.18 Å². The van der Waals surface area contributed by atoms with Crippen molar-refractivity contribution in [2.45, 2.75) is 31.2 Å². The number of alkyl halides is 3. The van der Waals surface area contributed by atoms with Gasteiger partial charge in [0.2, 0.25) is 0 Å². The molecule has 0 N–H and O–H groups in total. The second-order valence-corrected chi connectivity index (χ2v) is 9.36. The Morgan fingerprint density at radius 1 is 1.03 bits per heavy atom. The van der Waals surface area contributed by atoms with Gasteiger partial charge in [-0.1, -0.05) is 24.3 Å². The van der Waals surface area contributed by atoms with Crippen LogP contribution in [0.3, 0.4) is 0 Å². The Bertz CT molecular complexity index is 1400. The molecule has 0 unspecified atom stereocenters. The number of likely N-dealkylation sites (tertiary alicyclic amines) is 1. The minimum Gasteiger partial charge on any atom is -0.365 e. The van der Waals surface area contributed by atoms with E-state index in [0.29, 0.717) is 17.7 Å². The van der Waals surface area contributed by atoms with Gasteiger partial charge in [-0.15, -0.1) is 0 Å². The minimum absolute atomic E-state index is 0.0447. The first-order valence-electron chi connectivity index (χ1n) is 12.2. The average Bonchev–Trinajstić information content (AvgIpc) is 3.54. The fourth-order valence-electron chi connectivity index (χ4n) is 4.84. The first kappa shape index (κ1) is 25.7. The monoisotopic (exact) mass is 521 g/mol. The molecular weight excluding hydrogens is 495 g/mol. The van der Waals surface area contributed by atoms with Crippen LogP contribution in [-0.4, -0.2) is 51.1 Å². The van der Waals surface area contributed by atoms with Gasteiger partial charge in [-0.2, -0.15) is 18.3 Å². The van der Waals surface area contributed by atoms with Crippen LogP contribution in [0.25, 0.3) is 16.9 Å². The number of ether oxygens (including phenoxy) is 1. The summed E-state index contributed by atoms with van der Waals surface area (Å²) in [6.45, 7) is 3.10. The number of hydrogen-bond donors (Lipinski definition) is 0. The molecule has 0 bridgehead atoms. The summed E-state index contributed by atoms with van der Waals surface area (Å²) in [5.74, 6) is 0. The number of carbonyl (C=O) groups excluding carboxylic acids is 1. The van der Waals surface area contributed by atoms with Gasteiger partial charge in [0.25, 0.3) is 0 Å². The SMILES string of the molecule is CN1CCC2(CC1)OCc1ccccc12.O=Cc1cc(-c2ccncc2)n(-c2ccc(C(F)(F)F)nc2)n1. The summed E-state index contributed by atoms with van der Waals surface area (Å²) in [6.07, 6.45) is 2.54. The summed E-state index contributed by atoms with van der Waals surface area (Å²) in [7, 11) is 2.19. The van der Waals surface area contributed by atoms with Gasteiger partial charge in [0.05, 0.1) is 29.8 Å². The van der Waals surface area contributed by atoms with Gasteiger partial charge in [0.1, 0.15) is 11.4 Å². The lowest BCUT2D eigenvalue weighted by molar-refractivity contribution is -0.141. The van der Waals surface area contributed by atoms with Crippen LogP contribution in [0.15, 0.2) is 73.2 Å². The lowest BCUT2D eigenvalue weighted by Gasteiger charge is -2.37. The lowest BCUT2D eigenvalue weighted by atomic mass is 9.84. The second-order valence-electron chi connectivity index (χ2n) is 9.36. The first-order valence-corrected chi connectivity index (χ1v) is 12.2. The summed E-state index contributed by atoms with van der Waals surface area (Å²) >= 11 is 0. The van der Waals surface area contributed by atoms with Crippen LogP contribution in [0.1, 0.15) is 40.2 Å². The predicted molar refractivity (Wildman–Crippen MR) is 135 cm³/mol. The van der Waals surface area contributed by atoms with E-state index in [2.05, 4.69) is 51.3 Å². The van der Waals surface area contributed by atoms with Crippen molar-refractivity contribution in [2.24, 2.45) is 0 Å². The maximum Gasteiger partial charge on any atom is 0.433 e. The van der Waals surface area contributed by atoms with Crippen LogP contribution >= 0.6 is 0 Å². The lowest BCUT2D eigenvalue weighted by Crippen LogP contribution is -2.40. The largest absolute Gasteiger partial charge is 0.433 e. The number of benzene rings is 1. The third-order valence-electron chi connectivity index (χ3n) is 6.91. The highest BCUT2D eigenvalue weighted by Gasteiger charge is 2.41. The van der Waals surface area contributed by atoms with E-state index < -0.39 is 11.9 Å². The summed E-state index contributed by atoms with van der Waals surface area (Å²) < 4.78 is 45.2. The molecule has 196 valence electrons. The molecule has 2 aliphatic rings. The van der Waals surface area contributed by atoms with Crippen molar-refractivity contribution < 1.29 is 22.7 Å². The molecule has 3 aromatic heterocycles. The summed E-state index contributed by atoms with van der Waals surface area (Å²) in [5, 5.41) is 4.07. The molecule has 1 spiro atoms. The van der Waals surface area contributed by atoms with Crippen molar-refractivity contribution in [3.63, 3.8) is 0 Å². The van der Waals surface area contributed by atoms with E-state index in [1.807, 2.05) is 0 Å². The highest BCUT2D eigenvalue weighted by molar-refractivity contribution is 5.76. The fraction of sp³-hybridized carbons (Fsp3) is 0.286. The Hall–Kier alpha value is -3.89.